The van der Waals surface area contributed by atoms with E-state index in [1.807, 2.05) is 0 Å². The van der Waals surface area contributed by atoms with Crippen molar-refractivity contribution in [3.8, 4) is 0 Å². The monoisotopic (exact) mass is 1470 g/mol. The van der Waals surface area contributed by atoms with Gasteiger partial charge in [-0.1, -0.05) is 370 Å². The Morgan fingerprint density at radius 2 is 0.510 bits per heavy atom. The molecule has 0 aliphatic heterocycles. The highest BCUT2D eigenvalue weighted by atomic mass is 31.2. The summed E-state index contributed by atoms with van der Waals surface area (Å²) in [6, 6.07) is 0. The SMILES string of the molecule is CCCCCCCCCCCCCCCCCC(=O)O[C@H](COC(=O)CCCCCCCCCCCC(C)C)COP(=O)(O)OC[C@H](O)COP(=O)(O)OC[C@@H](COC(=O)CCCCCCCCCCCCCCC(C)C)OC(=O)CCCCCCCCCCCCCCCCC(C)CC. The molecule has 0 amide bonds. The van der Waals surface area contributed by atoms with E-state index in [4.69, 9.17) is 37.0 Å². The summed E-state index contributed by atoms with van der Waals surface area (Å²) >= 11 is 0. The van der Waals surface area contributed by atoms with Gasteiger partial charge in [-0.3, -0.25) is 37.3 Å². The molecule has 17 nitrogen and oxygen atoms in total. The number of unbranched alkanes of at least 4 members (excludes halogenated alkanes) is 46. The van der Waals surface area contributed by atoms with E-state index in [1.165, 1.54) is 231 Å². The predicted molar refractivity (Wildman–Crippen MR) is 409 cm³/mol. The van der Waals surface area contributed by atoms with Crippen LogP contribution in [0.5, 0.6) is 0 Å². The Labute approximate surface area is 613 Å². The summed E-state index contributed by atoms with van der Waals surface area (Å²) in [7, 11) is -9.92. The summed E-state index contributed by atoms with van der Waals surface area (Å²) in [4.78, 5) is 73.1. The molecule has 0 rings (SSSR count). The molecule has 0 fully saturated rings. The number of carbonyl (C=O) groups excluding carboxylic acids is 4. The van der Waals surface area contributed by atoms with E-state index in [1.54, 1.807) is 0 Å². The van der Waals surface area contributed by atoms with Gasteiger partial charge >= 0.3 is 39.5 Å². The van der Waals surface area contributed by atoms with Gasteiger partial charge in [-0.05, 0) is 43.4 Å². The topological polar surface area (TPSA) is 237 Å². The molecular formula is C81H158O17P2. The molecule has 0 aromatic heterocycles. The Balaban J connectivity index is 5.27. The maximum atomic E-state index is 13.1. The molecule has 0 aromatic rings. The second-order valence-electron chi connectivity index (χ2n) is 30.4. The van der Waals surface area contributed by atoms with E-state index in [2.05, 4.69) is 48.5 Å². The van der Waals surface area contributed by atoms with Crippen molar-refractivity contribution < 1.29 is 80.2 Å². The average Bonchev–Trinajstić information content (AvgIpc) is 0.955. The summed E-state index contributed by atoms with van der Waals surface area (Å²) < 4.78 is 68.8. The second-order valence-corrected chi connectivity index (χ2v) is 33.3. The van der Waals surface area contributed by atoms with Crippen molar-refractivity contribution in [2.75, 3.05) is 39.6 Å². The lowest BCUT2D eigenvalue weighted by atomic mass is 9.99. The highest BCUT2D eigenvalue weighted by Gasteiger charge is 2.30. The van der Waals surface area contributed by atoms with Crippen molar-refractivity contribution in [3.63, 3.8) is 0 Å². The molecule has 0 saturated carbocycles. The summed E-state index contributed by atoms with van der Waals surface area (Å²) in [6.45, 7) is 12.0. The third-order valence-corrected chi connectivity index (χ3v) is 21.1. The smallest absolute Gasteiger partial charge is 0.462 e. The number of rotatable bonds is 79. The quantitative estimate of drug-likeness (QED) is 0.0222. The molecule has 3 unspecified atom stereocenters. The van der Waals surface area contributed by atoms with Crippen molar-refractivity contribution in [1.29, 1.82) is 0 Å². The Hall–Kier alpha value is -1.94. The molecule has 100 heavy (non-hydrogen) atoms. The van der Waals surface area contributed by atoms with Crippen molar-refractivity contribution in [3.05, 3.63) is 0 Å². The Morgan fingerprint density at radius 1 is 0.290 bits per heavy atom. The van der Waals surface area contributed by atoms with Crippen LogP contribution in [0.2, 0.25) is 0 Å². The Kier molecular flexibility index (Phi) is 69.9. The molecule has 0 saturated heterocycles. The van der Waals surface area contributed by atoms with Gasteiger partial charge in [0.15, 0.2) is 12.2 Å². The van der Waals surface area contributed by atoms with Gasteiger partial charge in [-0.2, -0.15) is 0 Å². The third kappa shape index (κ3) is 73.0. The van der Waals surface area contributed by atoms with E-state index < -0.39 is 97.5 Å². The fourth-order valence-corrected chi connectivity index (χ4v) is 14.0. The van der Waals surface area contributed by atoms with Crippen LogP contribution in [-0.4, -0.2) is 96.7 Å². The molecule has 0 aliphatic rings. The average molecular weight is 1470 g/mol. The largest absolute Gasteiger partial charge is 0.472 e. The molecule has 0 bridgehead atoms. The minimum absolute atomic E-state index is 0.108. The first-order valence-corrected chi connectivity index (χ1v) is 44.9. The number of ether oxygens (including phenoxy) is 4. The van der Waals surface area contributed by atoms with E-state index in [9.17, 15) is 43.2 Å². The summed E-state index contributed by atoms with van der Waals surface area (Å²) in [5.74, 6) is 0.263. The zero-order chi connectivity index (χ0) is 73.7. The molecule has 19 heteroatoms. The van der Waals surface area contributed by atoms with Crippen LogP contribution in [0.1, 0.15) is 421 Å². The minimum atomic E-state index is -4.96. The van der Waals surface area contributed by atoms with Gasteiger partial charge in [0.25, 0.3) is 0 Å². The first-order chi connectivity index (χ1) is 48.3. The standard InChI is InChI=1S/C81H158O17P2/c1-8-10-11-12-13-14-15-16-17-21-28-35-43-50-57-64-80(85)98-77(69-92-79(84)63-56-49-42-37-30-32-39-46-53-60-73(5)6)71-96-100(89,90)94-67-75(82)66-93-99(87,88)95-70-76(68-91-78(83)62-55-48-41-34-27-24-23-25-31-38-45-52-59-72(3)4)97-81(86)65-58-51-44-36-29-22-19-18-20-26-33-40-47-54-61-74(7)9-2/h72-77,82H,8-71H2,1-7H3,(H,87,88)(H,89,90)/t74?,75-,76-,77-/m1/s1. The van der Waals surface area contributed by atoms with Crippen molar-refractivity contribution in [2.24, 2.45) is 17.8 Å². The van der Waals surface area contributed by atoms with E-state index >= 15 is 0 Å². The van der Waals surface area contributed by atoms with Crippen LogP contribution in [-0.2, 0) is 65.4 Å². The van der Waals surface area contributed by atoms with Crippen LogP contribution in [0.4, 0.5) is 0 Å². The van der Waals surface area contributed by atoms with Gasteiger partial charge in [0.05, 0.1) is 26.4 Å². The Bertz CT molecular complexity index is 1940. The van der Waals surface area contributed by atoms with Gasteiger partial charge < -0.3 is 33.8 Å². The molecule has 6 atom stereocenters. The van der Waals surface area contributed by atoms with Crippen LogP contribution in [0.3, 0.4) is 0 Å². The number of phosphoric acid groups is 2. The lowest BCUT2D eigenvalue weighted by Gasteiger charge is -2.21. The third-order valence-electron chi connectivity index (χ3n) is 19.2. The summed E-state index contributed by atoms with van der Waals surface area (Å²) in [5.41, 5.74) is 0. The van der Waals surface area contributed by atoms with Crippen LogP contribution in [0, 0.1) is 17.8 Å². The predicted octanol–water partition coefficient (Wildman–Crippen LogP) is 24.1. The molecule has 0 radical (unpaired) electrons. The molecule has 0 spiro atoms. The number of phosphoric ester groups is 2. The van der Waals surface area contributed by atoms with Crippen molar-refractivity contribution in [1.82, 2.24) is 0 Å². The molecule has 594 valence electrons. The number of aliphatic hydroxyl groups excluding tert-OH is 1. The number of hydrogen-bond donors (Lipinski definition) is 3. The van der Waals surface area contributed by atoms with Crippen LogP contribution < -0.4 is 0 Å². The lowest BCUT2D eigenvalue weighted by molar-refractivity contribution is -0.161. The number of esters is 4. The zero-order valence-corrected chi connectivity index (χ0v) is 67.5. The van der Waals surface area contributed by atoms with Gasteiger partial charge in [0.2, 0.25) is 0 Å². The molecule has 0 heterocycles. The highest BCUT2D eigenvalue weighted by Crippen LogP contribution is 2.45. The van der Waals surface area contributed by atoms with Crippen LogP contribution in [0.25, 0.3) is 0 Å². The Morgan fingerprint density at radius 3 is 0.760 bits per heavy atom. The first-order valence-electron chi connectivity index (χ1n) is 41.9. The maximum Gasteiger partial charge on any atom is 0.472 e. The normalized spacial score (nSPS) is 14.2. The summed E-state index contributed by atoms with van der Waals surface area (Å²) in [5, 5.41) is 10.6. The fraction of sp³-hybridized carbons (Fsp3) is 0.951. The van der Waals surface area contributed by atoms with E-state index in [0.717, 1.165) is 108 Å². The number of hydrogen-bond acceptors (Lipinski definition) is 15. The number of aliphatic hydroxyl groups is 1. The zero-order valence-electron chi connectivity index (χ0n) is 65.7. The van der Waals surface area contributed by atoms with Gasteiger partial charge in [0.1, 0.15) is 19.3 Å². The highest BCUT2D eigenvalue weighted by molar-refractivity contribution is 7.47. The number of carbonyl (C=O) groups is 4. The molecule has 0 aromatic carbocycles. The van der Waals surface area contributed by atoms with E-state index in [-0.39, 0.29) is 25.7 Å². The lowest BCUT2D eigenvalue weighted by Crippen LogP contribution is -2.30. The molecule has 0 aliphatic carbocycles. The van der Waals surface area contributed by atoms with Gasteiger partial charge in [-0.25, -0.2) is 9.13 Å². The second kappa shape index (κ2) is 71.3. The molecule has 3 N–H and O–H groups in total. The van der Waals surface area contributed by atoms with Gasteiger partial charge in [0, 0.05) is 25.7 Å². The van der Waals surface area contributed by atoms with Crippen LogP contribution in [0.15, 0.2) is 0 Å². The van der Waals surface area contributed by atoms with E-state index in [0.29, 0.717) is 25.7 Å². The van der Waals surface area contributed by atoms with Gasteiger partial charge in [-0.15, -0.1) is 0 Å². The fourth-order valence-electron chi connectivity index (χ4n) is 12.5. The van der Waals surface area contributed by atoms with Crippen molar-refractivity contribution in [2.45, 2.75) is 439 Å². The minimum Gasteiger partial charge on any atom is -0.462 e. The first kappa shape index (κ1) is 98.1. The van der Waals surface area contributed by atoms with Crippen LogP contribution >= 0.6 is 15.6 Å². The maximum absolute atomic E-state index is 13.1. The summed E-state index contributed by atoms with van der Waals surface area (Å²) in [6.07, 6.45) is 59.5. The molecular weight excluding hydrogens is 1310 g/mol. The van der Waals surface area contributed by atoms with Crippen molar-refractivity contribution >= 4 is 39.5 Å².